The maximum Gasteiger partial charge on any atom is 0.337 e. The summed E-state index contributed by atoms with van der Waals surface area (Å²) in [5, 5.41) is 9.07. The first kappa shape index (κ1) is 12.7. The minimum atomic E-state index is -1.00. The molecule has 1 aliphatic rings. The van der Waals surface area contributed by atoms with Gasteiger partial charge in [-0.2, -0.15) is 0 Å². The lowest BCUT2D eigenvalue weighted by Crippen LogP contribution is -2.37. The number of nitrogens with two attached hydrogens (primary N) is 1. The molecular weight excluding hydrogens is 232 g/mol. The van der Waals surface area contributed by atoms with E-state index in [0.29, 0.717) is 5.69 Å². The molecule has 0 aliphatic carbocycles. The first-order valence-corrected chi connectivity index (χ1v) is 5.98. The molecule has 0 amide bonds. The second kappa shape index (κ2) is 4.86. The van der Waals surface area contributed by atoms with E-state index in [1.807, 2.05) is 24.9 Å². The highest BCUT2D eigenvalue weighted by Gasteiger charge is 2.29. The van der Waals surface area contributed by atoms with Gasteiger partial charge in [0.15, 0.2) is 0 Å². The zero-order valence-corrected chi connectivity index (χ0v) is 10.6. The molecule has 2 atom stereocenters. The Balaban J connectivity index is 2.33. The number of carboxylic acid groups (broad SMARTS) is 1. The number of rotatable bonds is 3. The number of ether oxygens (including phenoxy) is 1. The second-order valence-electron chi connectivity index (χ2n) is 4.59. The van der Waals surface area contributed by atoms with Crippen LogP contribution in [0.15, 0.2) is 18.2 Å². The number of nitrogen functional groups attached to an aromatic ring is 1. The van der Waals surface area contributed by atoms with Crippen LogP contribution in [0.25, 0.3) is 0 Å². The fourth-order valence-corrected chi connectivity index (χ4v) is 2.45. The van der Waals surface area contributed by atoms with Crippen molar-refractivity contribution in [2.75, 3.05) is 24.3 Å². The van der Waals surface area contributed by atoms with Crippen LogP contribution >= 0.6 is 0 Å². The number of aromatic carboxylic acids is 1. The Kier molecular flexibility index (Phi) is 3.43. The van der Waals surface area contributed by atoms with Crippen molar-refractivity contribution in [1.29, 1.82) is 0 Å². The second-order valence-corrected chi connectivity index (χ2v) is 4.59. The smallest absolute Gasteiger partial charge is 0.337 e. The molecule has 0 spiro atoms. The lowest BCUT2D eigenvalue weighted by molar-refractivity contribution is 0.0698. The first-order chi connectivity index (χ1) is 8.52. The lowest BCUT2D eigenvalue weighted by Gasteiger charge is -2.30. The van der Waals surface area contributed by atoms with Crippen molar-refractivity contribution in [3.05, 3.63) is 23.8 Å². The van der Waals surface area contributed by atoms with Crippen LogP contribution < -0.4 is 10.6 Å². The summed E-state index contributed by atoms with van der Waals surface area (Å²) in [6, 6.07) is 5.30. The van der Waals surface area contributed by atoms with Gasteiger partial charge in [-0.1, -0.05) is 6.07 Å². The Hall–Kier alpha value is -1.75. The van der Waals surface area contributed by atoms with E-state index in [0.717, 1.165) is 18.7 Å². The van der Waals surface area contributed by atoms with Gasteiger partial charge in [0.2, 0.25) is 0 Å². The van der Waals surface area contributed by atoms with E-state index >= 15 is 0 Å². The number of hydrogen-bond acceptors (Lipinski definition) is 4. The molecule has 0 aromatic heterocycles. The van der Waals surface area contributed by atoms with Crippen LogP contribution in [0.5, 0.6) is 0 Å². The number of carboxylic acids is 1. The van der Waals surface area contributed by atoms with Crippen LogP contribution in [0.2, 0.25) is 0 Å². The van der Waals surface area contributed by atoms with Gasteiger partial charge in [0, 0.05) is 13.7 Å². The average Bonchev–Trinajstić information content (AvgIpc) is 2.74. The summed E-state index contributed by atoms with van der Waals surface area (Å²) in [6.45, 7) is 2.75. The maximum atomic E-state index is 11.1. The SMILES string of the molecule is CC1OCCC1N(C)c1cccc(C(=O)O)c1N. The number of carbonyl (C=O) groups is 1. The normalized spacial score (nSPS) is 23.0. The van der Waals surface area contributed by atoms with Crippen molar-refractivity contribution >= 4 is 17.3 Å². The lowest BCUT2D eigenvalue weighted by atomic mass is 10.1. The Bertz CT molecular complexity index is 462. The molecule has 5 heteroatoms. The number of likely N-dealkylation sites (N-methyl/N-ethyl adjacent to an activating group) is 1. The van der Waals surface area contributed by atoms with Crippen LogP contribution in [0.3, 0.4) is 0 Å². The van der Waals surface area contributed by atoms with Gasteiger partial charge in [-0.15, -0.1) is 0 Å². The molecule has 3 N–H and O–H groups in total. The van der Waals surface area contributed by atoms with Crippen molar-refractivity contribution in [1.82, 2.24) is 0 Å². The molecule has 1 aromatic rings. The fourth-order valence-electron chi connectivity index (χ4n) is 2.45. The van der Waals surface area contributed by atoms with Crippen LogP contribution in [0.4, 0.5) is 11.4 Å². The van der Waals surface area contributed by atoms with E-state index in [2.05, 4.69) is 0 Å². The highest BCUT2D eigenvalue weighted by atomic mass is 16.5. The van der Waals surface area contributed by atoms with Crippen molar-refractivity contribution in [2.24, 2.45) is 0 Å². The average molecular weight is 250 g/mol. The molecule has 1 aromatic carbocycles. The van der Waals surface area contributed by atoms with Crippen molar-refractivity contribution in [3.8, 4) is 0 Å². The molecule has 1 aliphatic heterocycles. The predicted molar refractivity (Wildman–Crippen MR) is 70.0 cm³/mol. The molecule has 18 heavy (non-hydrogen) atoms. The van der Waals surface area contributed by atoms with E-state index in [4.69, 9.17) is 15.6 Å². The Morgan fingerprint density at radius 2 is 2.28 bits per heavy atom. The highest BCUT2D eigenvalue weighted by molar-refractivity contribution is 5.97. The molecule has 1 heterocycles. The Labute approximate surface area is 106 Å². The van der Waals surface area contributed by atoms with E-state index in [1.54, 1.807) is 6.07 Å². The van der Waals surface area contributed by atoms with Gasteiger partial charge in [-0.05, 0) is 25.5 Å². The number of nitrogens with zero attached hydrogens (tertiary/aromatic N) is 1. The quantitative estimate of drug-likeness (QED) is 0.796. The number of hydrogen-bond donors (Lipinski definition) is 2. The number of benzene rings is 1. The van der Waals surface area contributed by atoms with Gasteiger partial charge in [0.1, 0.15) is 0 Å². The minimum absolute atomic E-state index is 0.128. The summed E-state index contributed by atoms with van der Waals surface area (Å²) in [6.07, 6.45) is 1.05. The Morgan fingerprint density at radius 1 is 1.56 bits per heavy atom. The molecular formula is C13H18N2O3. The van der Waals surface area contributed by atoms with Crippen molar-refractivity contribution < 1.29 is 14.6 Å². The highest BCUT2D eigenvalue weighted by Crippen LogP contribution is 2.30. The van der Waals surface area contributed by atoms with Gasteiger partial charge in [-0.25, -0.2) is 4.79 Å². The fraction of sp³-hybridized carbons (Fsp3) is 0.462. The Morgan fingerprint density at radius 3 is 2.83 bits per heavy atom. The largest absolute Gasteiger partial charge is 0.478 e. The summed E-state index contributed by atoms with van der Waals surface area (Å²) >= 11 is 0. The van der Waals surface area contributed by atoms with Crippen LogP contribution in [0.1, 0.15) is 23.7 Å². The monoisotopic (exact) mass is 250 g/mol. The standard InChI is InChI=1S/C13H18N2O3/c1-8-10(6-7-18-8)15(2)11-5-3-4-9(12(11)14)13(16)17/h3-5,8,10H,6-7,14H2,1-2H3,(H,16,17). The van der Waals surface area contributed by atoms with Crippen molar-refractivity contribution in [2.45, 2.75) is 25.5 Å². The van der Waals surface area contributed by atoms with E-state index in [9.17, 15) is 4.79 Å². The molecule has 98 valence electrons. The third-order valence-corrected chi connectivity index (χ3v) is 3.53. The number of anilines is 2. The molecule has 1 fully saturated rings. The van der Waals surface area contributed by atoms with Gasteiger partial charge < -0.3 is 20.5 Å². The summed E-state index contributed by atoms with van der Waals surface area (Å²) in [7, 11) is 1.92. The topological polar surface area (TPSA) is 75.8 Å². The molecule has 2 unspecified atom stereocenters. The van der Waals surface area contributed by atoms with E-state index < -0.39 is 5.97 Å². The molecule has 5 nitrogen and oxygen atoms in total. The van der Waals surface area contributed by atoms with Gasteiger partial charge in [0.05, 0.1) is 29.1 Å². The molecule has 1 saturated heterocycles. The summed E-state index contributed by atoms with van der Waals surface area (Å²) < 4.78 is 5.53. The van der Waals surface area contributed by atoms with Crippen LogP contribution in [-0.2, 0) is 4.74 Å². The van der Waals surface area contributed by atoms with E-state index in [1.165, 1.54) is 6.07 Å². The molecule has 0 radical (unpaired) electrons. The minimum Gasteiger partial charge on any atom is -0.478 e. The summed E-state index contributed by atoms with van der Waals surface area (Å²) in [5.74, 6) is -1.00. The van der Waals surface area contributed by atoms with Crippen molar-refractivity contribution in [3.63, 3.8) is 0 Å². The first-order valence-electron chi connectivity index (χ1n) is 5.98. The van der Waals surface area contributed by atoms with Gasteiger partial charge in [-0.3, -0.25) is 0 Å². The van der Waals surface area contributed by atoms with Gasteiger partial charge in [0.25, 0.3) is 0 Å². The third-order valence-electron chi connectivity index (χ3n) is 3.53. The van der Waals surface area contributed by atoms with Gasteiger partial charge >= 0.3 is 5.97 Å². The van der Waals surface area contributed by atoms with E-state index in [-0.39, 0.29) is 17.7 Å². The third kappa shape index (κ3) is 2.13. The molecule has 0 bridgehead atoms. The molecule has 0 saturated carbocycles. The maximum absolute atomic E-state index is 11.1. The molecule has 2 rings (SSSR count). The summed E-state index contributed by atoms with van der Waals surface area (Å²) in [4.78, 5) is 13.1. The number of para-hydroxylation sites is 1. The van der Waals surface area contributed by atoms with Crippen LogP contribution in [-0.4, -0.2) is 36.9 Å². The predicted octanol–water partition coefficient (Wildman–Crippen LogP) is 1.58. The summed E-state index contributed by atoms with van der Waals surface area (Å²) in [5.41, 5.74) is 7.14. The zero-order chi connectivity index (χ0) is 13.3. The zero-order valence-electron chi connectivity index (χ0n) is 10.6. The van der Waals surface area contributed by atoms with Crippen LogP contribution in [0, 0.1) is 0 Å².